The van der Waals surface area contributed by atoms with E-state index in [0.29, 0.717) is 22.7 Å². The molecule has 0 unspecified atom stereocenters. The smallest absolute Gasteiger partial charge is 0.257 e. The Kier molecular flexibility index (Phi) is 4.51. The quantitative estimate of drug-likeness (QED) is 0.780. The van der Waals surface area contributed by atoms with Crippen molar-refractivity contribution in [2.24, 2.45) is 0 Å². The van der Waals surface area contributed by atoms with E-state index < -0.39 is 0 Å². The topological polar surface area (TPSA) is 77.2 Å². The number of para-hydroxylation sites is 1. The predicted octanol–water partition coefficient (Wildman–Crippen LogP) is 2.81. The zero-order chi connectivity index (χ0) is 16.9. The van der Waals surface area contributed by atoms with Crippen molar-refractivity contribution in [2.45, 2.75) is 6.54 Å². The normalized spacial score (nSPS) is 10.4. The van der Waals surface area contributed by atoms with Gasteiger partial charge < -0.3 is 14.6 Å². The molecule has 0 spiro atoms. The van der Waals surface area contributed by atoms with E-state index in [1.54, 1.807) is 36.4 Å². The van der Waals surface area contributed by atoms with E-state index in [0.717, 1.165) is 0 Å². The van der Waals surface area contributed by atoms with Gasteiger partial charge in [0.2, 0.25) is 0 Å². The van der Waals surface area contributed by atoms with E-state index in [2.05, 4.69) is 15.5 Å². The third kappa shape index (κ3) is 3.40. The van der Waals surface area contributed by atoms with Crippen molar-refractivity contribution in [2.75, 3.05) is 7.11 Å². The van der Waals surface area contributed by atoms with Gasteiger partial charge in [-0.1, -0.05) is 17.3 Å². The van der Waals surface area contributed by atoms with E-state index in [4.69, 9.17) is 9.26 Å². The largest absolute Gasteiger partial charge is 0.496 e. The lowest BCUT2D eigenvalue weighted by molar-refractivity contribution is 0.0946. The van der Waals surface area contributed by atoms with Gasteiger partial charge in [-0.2, -0.15) is 4.98 Å². The van der Waals surface area contributed by atoms with Gasteiger partial charge in [-0.3, -0.25) is 4.79 Å². The molecule has 0 aliphatic heterocycles. The van der Waals surface area contributed by atoms with Gasteiger partial charge in [0.15, 0.2) is 5.82 Å². The van der Waals surface area contributed by atoms with Crippen LogP contribution in [0.1, 0.15) is 16.2 Å². The van der Waals surface area contributed by atoms with Gasteiger partial charge in [-0.15, -0.1) is 0 Å². The number of nitrogens with one attached hydrogen (secondary N) is 1. The number of methoxy groups -OCH3 is 1. The van der Waals surface area contributed by atoms with Crippen molar-refractivity contribution in [1.29, 1.82) is 0 Å². The second-order valence-corrected chi connectivity index (χ2v) is 4.91. The summed E-state index contributed by atoms with van der Waals surface area (Å²) in [6.45, 7) is 0.0988. The minimum atomic E-state index is -0.345. The number of rotatable bonds is 5. The highest BCUT2D eigenvalue weighted by Gasteiger charge is 2.13. The van der Waals surface area contributed by atoms with Crippen LogP contribution in [0.4, 0.5) is 4.39 Å². The van der Waals surface area contributed by atoms with Gasteiger partial charge in [-0.25, -0.2) is 4.39 Å². The standard InChI is InChI=1S/C17H14FN3O3/c1-23-14-5-3-2-4-13(14)16(22)19-10-15-20-17(24-21-15)11-6-8-12(18)9-7-11/h2-9H,10H2,1H3,(H,19,22). The van der Waals surface area contributed by atoms with Crippen LogP contribution in [0.2, 0.25) is 0 Å². The van der Waals surface area contributed by atoms with Gasteiger partial charge in [0, 0.05) is 5.56 Å². The molecule has 122 valence electrons. The summed E-state index contributed by atoms with van der Waals surface area (Å²) in [5.41, 5.74) is 1.02. The minimum absolute atomic E-state index is 0.0988. The molecule has 0 saturated heterocycles. The van der Waals surface area contributed by atoms with Crippen LogP contribution in [0.25, 0.3) is 11.5 Å². The Hall–Kier alpha value is -3.22. The molecule has 1 aromatic heterocycles. The lowest BCUT2D eigenvalue weighted by Gasteiger charge is -2.07. The molecule has 1 N–H and O–H groups in total. The number of aromatic nitrogens is 2. The molecule has 0 saturated carbocycles. The summed E-state index contributed by atoms with van der Waals surface area (Å²) in [7, 11) is 1.50. The zero-order valence-corrected chi connectivity index (χ0v) is 12.8. The Labute approximate surface area is 137 Å². The van der Waals surface area contributed by atoms with Crippen molar-refractivity contribution in [3.8, 4) is 17.2 Å². The fourth-order valence-electron chi connectivity index (χ4n) is 2.12. The van der Waals surface area contributed by atoms with Crippen LogP contribution in [-0.2, 0) is 6.54 Å². The summed E-state index contributed by atoms with van der Waals surface area (Å²) in [6.07, 6.45) is 0. The van der Waals surface area contributed by atoms with Gasteiger partial charge >= 0.3 is 0 Å². The van der Waals surface area contributed by atoms with Gasteiger partial charge in [-0.05, 0) is 36.4 Å². The molecular formula is C17H14FN3O3. The van der Waals surface area contributed by atoms with Crippen molar-refractivity contribution in [1.82, 2.24) is 15.5 Å². The van der Waals surface area contributed by atoms with Crippen LogP contribution in [0.3, 0.4) is 0 Å². The molecule has 7 heteroatoms. The number of carbonyl (C=O) groups excluding carboxylic acids is 1. The summed E-state index contributed by atoms with van der Waals surface area (Å²) in [5, 5.41) is 6.50. The molecule has 0 radical (unpaired) electrons. The first-order valence-corrected chi connectivity index (χ1v) is 7.17. The fraction of sp³-hybridized carbons (Fsp3) is 0.118. The summed E-state index contributed by atoms with van der Waals surface area (Å²) in [4.78, 5) is 16.4. The molecule has 0 bridgehead atoms. The van der Waals surface area contributed by atoms with E-state index in [-0.39, 0.29) is 24.2 Å². The first-order chi connectivity index (χ1) is 11.7. The number of carbonyl (C=O) groups is 1. The Morgan fingerprint density at radius 2 is 1.96 bits per heavy atom. The maximum atomic E-state index is 12.9. The molecule has 0 aliphatic rings. The highest BCUT2D eigenvalue weighted by molar-refractivity contribution is 5.96. The van der Waals surface area contributed by atoms with Crippen LogP contribution in [0.5, 0.6) is 5.75 Å². The third-order valence-electron chi connectivity index (χ3n) is 3.32. The predicted molar refractivity (Wildman–Crippen MR) is 83.9 cm³/mol. The lowest BCUT2D eigenvalue weighted by Crippen LogP contribution is -2.23. The van der Waals surface area contributed by atoms with E-state index in [1.807, 2.05) is 0 Å². The molecule has 2 aromatic carbocycles. The average Bonchev–Trinajstić information content (AvgIpc) is 3.09. The summed E-state index contributed by atoms with van der Waals surface area (Å²) < 4.78 is 23.2. The molecule has 3 aromatic rings. The maximum absolute atomic E-state index is 12.9. The molecule has 1 amide bonds. The highest BCUT2D eigenvalue weighted by Crippen LogP contribution is 2.18. The maximum Gasteiger partial charge on any atom is 0.257 e. The van der Waals surface area contributed by atoms with Crippen LogP contribution < -0.4 is 10.1 Å². The number of ether oxygens (including phenoxy) is 1. The average molecular weight is 327 g/mol. The molecular weight excluding hydrogens is 313 g/mol. The Balaban J connectivity index is 1.67. The molecule has 0 aliphatic carbocycles. The van der Waals surface area contributed by atoms with Crippen LogP contribution in [-0.4, -0.2) is 23.2 Å². The van der Waals surface area contributed by atoms with E-state index in [1.165, 1.54) is 19.2 Å². The molecule has 1 heterocycles. The SMILES string of the molecule is COc1ccccc1C(=O)NCc1noc(-c2ccc(F)cc2)n1. The van der Waals surface area contributed by atoms with Crippen molar-refractivity contribution >= 4 is 5.91 Å². The number of hydrogen-bond donors (Lipinski definition) is 1. The Bertz CT molecular complexity index is 846. The van der Waals surface area contributed by atoms with Gasteiger partial charge in [0.1, 0.15) is 11.6 Å². The van der Waals surface area contributed by atoms with Crippen molar-refractivity contribution < 1.29 is 18.4 Å². The third-order valence-corrected chi connectivity index (χ3v) is 3.32. The van der Waals surface area contributed by atoms with Crippen LogP contribution >= 0.6 is 0 Å². The summed E-state index contributed by atoms with van der Waals surface area (Å²) in [6, 6.07) is 12.6. The van der Waals surface area contributed by atoms with Crippen LogP contribution in [0, 0.1) is 5.82 Å². The molecule has 24 heavy (non-hydrogen) atoms. The monoisotopic (exact) mass is 327 g/mol. The van der Waals surface area contributed by atoms with Crippen molar-refractivity contribution in [3.63, 3.8) is 0 Å². The number of nitrogens with zero attached hydrogens (tertiary/aromatic N) is 2. The second kappa shape index (κ2) is 6.91. The van der Waals surface area contributed by atoms with Crippen LogP contribution in [0.15, 0.2) is 53.1 Å². The Morgan fingerprint density at radius 3 is 2.71 bits per heavy atom. The van der Waals surface area contributed by atoms with Crippen molar-refractivity contribution in [3.05, 3.63) is 65.7 Å². The van der Waals surface area contributed by atoms with E-state index in [9.17, 15) is 9.18 Å². The first kappa shape index (κ1) is 15.7. The number of hydrogen-bond acceptors (Lipinski definition) is 5. The second-order valence-electron chi connectivity index (χ2n) is 4.91. The minimum Gasteiger partial charge on any atom is -0.496 e. The molecule has 3 rings (SSSR count). The number of benzene rings is 2. The lowest BCUT2D eigenvalue weighted by atomic mass is 10.2. The van der Waals surface area contributed by atoms with Gasteiger partial charge in [0.05, 0.1) is 19.2 Å². The number of halogens is 1. The first-order valence-electron chi connectivity index (χ1n) is 7.17. The Morgan fingerprint density at radius 1 is 1.21 bits per heavy atom. The highest BCUT2D eigenvalue weighted by atomic mass is 19.1. The molecule has 6 nitrogen and oxygen atoms in total. The van der Waals surface area contributed by atoms with E-state index >= 15 is 0 Å². The zero-order valence-electron chi connectivity index (χ0n) is 12.8. The molecule has 0 fully saturated rings. The molecule has 0 atom stereocenters. The summed E-state index contributed by atoms with van der Waals surface area (Å²) >= 11 is 0. The summed E-state index contributed by atoms with van der Waals surface area (Å²) in [5.74, 6) is 0.410. The number of amides is 1. The van der Waals surface area contributed by atoms with Gasteiger partial charge in [0.25, 0.3) is 11.8 Å². The fourth-order valence-corrected chi connectivity index (χ4v) is 2.12.